The maximum atomic E-state index is 5.71. The number of hydrogen-bond acceptors (Lipinski definition) is 4. The van der Waals surface area contributed by atoms with Crippen LogP contribution in [0.5, 0.6) is 0 Å². The second-order valence-corrected chi connectivity index (χ2v) is 6.18. The molecule has 1 aromatic carbocycles. The quantitative estimate of drug-likeness (QED) is 0.339. The van der Waals surface area contributed by atoms with Crippen molar-refractivity contribution in [3.8, 4) is 0 Å². The average Bonchev–Trinajstić information content (AvgIpc) is 3.15. The highest BCUT2D eigenvalue weighted by atomic mass is 16.5. The van der Waals surface area contributed by atoms with Crippen molar-refractivity contribution >= 4 is 5.96 Å². The Hall–Kier alpha value is -2.41. The zero-order valence-corrected chi connectivity index (χ0v) is 16.5. The Morgan fingerprint density at radius 1 is 1.15 bits per heavy atom. The Kier molecular flexibility index (Phi) is 9.96. The number of hydrogen-bond donors (Lipinski definition) is 2. The van der Waals surface area contributed by atoms with Gasteiger partial charge in [0.1, 0.15) is 12.2 Å². The van der Waals surface area contributed by atoms with Gasteiger partial charge in [-0.3, -0.25) is 4.99 Å². The molecule has 0 atom stereocenters. The highest BCUT2D eigenvalue weighted by Crippen LogP contribution is 1.99. The molecular weight excluding hydrogens is 340 g/mol. The van der Waals surface area contributed by atoms with Crippen molar-refractivity contribution in [2.75, 3.05) is 32.8 Å². The fourth-order valence-corrected chi connectivity index (χ4v) is 2.67. The van der Waals surface area contributed by atoms with E-state index in [1.54, 1.807) is 6.33 Å². The van der Waals surface area contributed by atoms with Crippen molar-refractivity contribution in [2.45, 2.75) is 39.7 Å². The van der Waals surface area contributed by atoms with Gasteiger partial charge in [-0.05, 0) is 25.3 Å². The van der Waals surface area contributed by atoms with Crippen LogP contribution in [0, 0.1) is 0 Å². The van der Waals surface area contributed by atoms with E-state index in [1.807, 2.05) is 6.07 Å². The van der Waals surface area contributed by atoms with Crippen LogP contribution in [-0.2, 0) is 24.1 Å². The van der Waals surface area contributed by atoms with Gasteiger partial charge in [-0.2, -0.15) is 0 Å². The van der Waals surface area contributed by atoms with Crippen molar-refractivity contribution in [3.63, 3.8) is 0 Å². The van der Waals surface area contributed by atoms with Crippen LogP contribution in [0.2, 0.25) is 0 Å². The summed E-state index contributed by atoms with van der Waals surface area (Å²) in [5.74, 6) is 1.85. The Morgan fingerprint density at radius 3 is 2.78 bits per heavy atom. The lowest BCUT2D eigenvalue weighted by molar-refractivity contribution is 0.136. The van der Waals surface area contributed by atoms with Crippen molar-refractivity contribution in [1.82, 2.24) is 25.4 Å². The second-order valence-electron chi connectivity index (χ2n) is 6.18. The molecule has 2 N–H and O–H groups in total. The molecule has 0 amide bonds. The molecular formula is C20H32N6O. The highest BCUT2D eigenvalue weighted by molar-refractivity contribution is 5.79. The molecule has 0 aliphatic rings. The smallest absolute Gasteiger partial charge is 0.191 e. The lowest BCUT2D eigenvalue weighted by atomic mass is 10.2. The molecule has 148 valence electrons. The van der Waals surface area contributed by atoms with Crippen LogP contribution in [0.4, 0.5) is 0 Å². The number of benzene rings is 1. The van der Waals surface area contributed by atoms with Gasteiger partial charge in [0.2, 0.25) is 0 Å². The highest BCUT2D eigenvalue weighted by Gasteiger charge is 2.02. The normalized spacial score (nSPS) is 11.6. The second kappa shape index (κ2) is 12.9. The molecule has 1 aromatic heterocycles. The topological polar surface area (TPSA) is 76.4 Å². The van der Waals surface area contributed by atoms with Crippen molar-refractivity contribution in [3.05, 3.63) is 48.0 Å². The average molecular weight is 373 g/mol. The summed E-state index contributed by atoms with van der Waals surface area (Å²) >= 11 is 0. The molecule has 27 heavy (non-hydrogen) atoms. The lowest BCUT2D eigenvalue weighted by Crippen LogP contribution is -2.39. The minimum atomic E-state index is 0.732. The molecule has 7 nitrogen and oxygen atoms in total. The monoisotopic (exact) mass is 372 g/mol. The standard InChI is InChI=1S/C20H32N6O/c1-3-19-25-24-17-26(19)14-13-23-20(21-4-2)22-12-8-15-27-16-11-18-9-6-5-7-10-18/h5-7,9-10,17H,3-4,8,11-16H2,1-2H3,(H2,21,22,23). The number of aliphatic imine (C=N–C) groups is 1. The van der Waals surface area contributed by atoms with Crippen LogP contribution >= 0.6 is 0 Å². The molecule has 7 heteroatoms. The van der Waals surface area contributed by atoms with E-state index in [2.05, 4.69) is 68.5 Å². The Morgan fingerprint density at radius 2 is 2.00 bits per heavy atom. The largest absolute Gasteiger partial charge is 0.381 e. The van der Waals surface area contributed by atoms with E-state index in [-0.39, 0.29) is 0 Å². The van der Waals surface area contributed by atoms with Gasteiger partial charge in [0.05, 0.1) is 6.61 Å². The number of ether oxygens (including phenoxy) is 1. The Labute approximate surface area is 162 Å². The van der Waals surface area contributed by atoms with E-state index in [9.17, 15) is 0 Å². The van der Waals surface area contributed by atoms with Gasteiger partial charge in [-0.1, -0.05) is 37.3 Å². The molecule has 0 saturated heterocycles. The van der Waals surface area contributed by atoms with E-state index >= 15 is 0 Å². The zero-order chi connectivity index (χ0) is 19.2. The van der Waals surface area contributed by atoms with Crippen LogP contribution in [0.1, 0.15) is 31.7 Å². The first-order valence-corrected chi connectivity index (χ1v) is 9.84. The molecule has 2 aromatic rings. The predicted octanol–water partition coefficient (Wildman–Crippen LogP) is 2.04. The van der Waals surface area contributed by atoms with Gasteiger partial charge in [-0.25, -0.2) is 0 Å². The molecule has 2 rings (SSSR count). The molecule has 0 radical (unpaired) electrons. The van der Waals surface area contributed by atoms with E-state index in [4.69, 9.17) is 4.74 Å². The first-order valence-electron chi connectivity index (χ1n) is 9.84. The molecule has 0 spiro atoms. The molecule has 0 unspecified atom stereocenters. The van der Waals surface area contributed by atoms with Crippen LogP contribution < -0.4 is 10.6 Å². The van der Waals surface area contributed by atoms with Crippen LogP contribution in [-0.4, -0.2) is 53.6 Å². The summed E-state index contributed by atoms with van der Waals surface area (Å²) in [6.45, 7) is 8.83. The first-order chi connectivity index (χ1) is 13.3. The minimum Gasteiger partial charge on any atom is -0.381 e. The summed E-state index contributed by atoms with van der Waals surface area (Å²) < 4.78 is 7.77. The molecule has 0 aliphatic heterocycles. The summed E-state index contributed by atoms with van der Waals surface area (Å²) in [6, 6.07) is 10.4. The fraction of sp³-hybridized carbons (Fsp3) is 0.550. The van der Waals surface area contributed by atoms with Crippen molar-refractivity contribution in [2.24, 2.45) is 4.99 Å². The van der Waals surface area contributed by atoms with Crippen molar-refractivity contribution in [1.29, 1.82) is 0 Å². The summed E-state index contributed by atoms with van der Waals surface area (Å²) in [5, 5.41) is 14.7. The number of rotatable bonds is 12. The van der Waals surface area contributed by atoms with E-state index in [1.165, 1.54) is 5.56 Å². The molecule has 0 fully saturated rings. The Bertz CT molecular complexity index is 656. The lowest BCUT2D eigenvalue weighted by Gasteiger charge is -2.12. The third kappa shape index (κ3) is 8.21. The summed E-state index contributed by atoms with van der Waals surface area (Å²) in [4.78, 5) is 4.60. The van der Waals surface area contributed by atoms with Crippen LogP contribution in [0.3, 0.4) is 0 Å². The zero-order valence-electron chi connectivity index (χ0n) is 16.5. The van der Waals surface area contributed by atoms with Gasteiger partial charge >= 0.3 is 0 Å². The minimum absolute atomic E-state index is 0.732. The summed E-state index contributed by atoms with van der Waals surface area (Å²) in [6.07, 6.45) is 4.53. The van der Waals surface area contributed by atoms with E-state index < -0.39 is 0 Å². The van der Waals surface area contributed by atoms with E-state index in [0.717, 1.165) is 70.4 Å². The molecule has 0 bridgehead atoms. The maximum absolute atomic E-state index is 5.71. The maximum Gasteiger partial charge on any atom is 0.191 e. The SMILES string of the molecule is CCNC(=NCCCOCCc1ccccc1)NCCn1cnnc1CC. The summed E-state index contributed by atoms with van der Waals surface area (Å²) in [7, 11) is 0. The van der Waals surface area contributed by atoms with Gasteiger partial charge in [0.25, 0.3) is 0 Å². The third-order valence-electron chi connectivity index (χ3n) is 4.10. The summed E-state index contributed by atoms with van der Waals surface area (Å²) in [5.41, 5.74) is 1.31. The number of aryl methyl sites for hydroxylation is 1. The van der Waals surface area contributed by atoms with Crippen molar-refractivity contribution < 1.29 is 4.74 Å². The first kappa shape index (κ1) is 20.9. The molecule has 1 heterocycles. The predicted molar refractivity (Wildman–Crippen MR) is 109 cm³/mol. The third-order valence-corrected chi connectivity index (χ3v) is 4.10. The molecule has 0 saturated carbocycles. The fourth-order valence-electron chi connectivity index (χ4n) is 2.67. The van der Waals surface area contributed by atoms with E-state index in [0.29, 0.717) is 0 Å². The van der Waals surface area contributed by atoms with Gasteiger partial charge < -0.3 is 19.9 Å². The Balaban J connectivity index is 1.60. The number of nitrogens with zero attached hydrogens (tertiary/aromatic N) is 4. The van der Waals surface area contributed by atoms with Crippen LogP contribution in [0.25, 0.3) is 0 Å². The number of guanidine groups is 1. The van der Waals surface area contributed by atoms with Gasteiger partial charge in [0, 0.05) is 39.2 Å². The van der Waals surface area contributed by atoms with Gasteiger partial charge in [0.15, 0.2) is 5.96 Å². The number of nitrogens with one attached hydrogen (secondary N) is 2. The molecule has 0 aliphatic carbocycles. The van der Waals surface area contributed by atoms with Gasteiger partial charge in [-0.15, -0.1) is 10.2 Å². The number of aromatic nitrogens is 3. The van der Waals surface area contributed by atoms with Crippen LogP contribution in [0.15, 0.2) is 41.7 Å².